The van der Waals surface area contributed by atoms with Gasteiger partial charge in [-0.15, -0.1) is 0 Å². The van der Waals surface area contributed by atoms with Crippen LogP contribution in [0.25, 0.3) is 0 Å². The smallest absolute Gasteiger partial charge is 0.261 e. The zero-order chi connectivity index (χ0) is 23.5. The largest absolute Gasteiger partial charge is 0.490 e. The Labute approximate surface area is 199 Å². The summed E-state index contributed by atoms with van der Waals surface area (Å²) in [6.07, 6.45) is 1.99. The summed E-state index contributed by atoms with van der Waals surface area (Å²) in [6.45, 7) is 4.44. The van der Waals surface area contributed by atoms with Crippen LogP contribution in [0.2, 0.25) is 0 Å². The predicted octanol–water partition coefficient (Wildman–Crippen LogP) is 3.14. The van der Waals surface area contributed by atoms with Crippen LogP contribution in [0.5, 0.6) is 5.75 Å². The van der Waals surface area contributed by atoms with E-state index < -0.39 is 5.91 Å². The first-order chi connectivity index (χ1) is 16.1. The van der Waals surface area contributed by atoms with Gasteiger partial charge in [0.2, 0.25) is 0 Å². The number of benzene rings is 2. The Balaban J connectivity index is 1.58. The molecule has 1 aliphatic rings. The lowest BCUT2D eigenvalue weighted by atomic mass is 10.1. The van der Waals surface area contributed by atoms with E-state index in [1.165, 1.54) is 0 Å². The fourth-order valence-electron chi connectivity index (χ4n) is 3.36. The molecular formula is C24H29N3O5S. The Morgan fingerprint density at radius 1 is 1.06 bits per heavy atom. The van der Waals surface area contributed by atoms with E-state index in [9.17, 15) is 9.59 Å². The van der Waals surface area contributed by atoms with Crippen LogP contribution in [-0.2, 0) is 9.47 Å². The molecule has 0 bridgehead atoms. The van der Waals surface area contributed by atoms with E-state index in [-0.39, 0.29) is 17.1 Å². The Morgan fingerprint density at radius 3 is 2.58 bits per heavy atom. The normalized spacial score (nSPS) is 15.0. The van der Waals surface area contributed by atoms with Crippen LogP contribution in [0.1, 0.15) is 40.5 Å². The van der Waals surface area contributed by atoms with E-state index in [0.29, 0.717) is 48.9 Å². The molecule has 1 aliphatic heterocycles. The molecule has 1 atom stereocenters. The third-order valence-corrected chi connectivity index (χ3v) is 5.19. The molecule has 0 aromatic heterocycles. The van der Waals surface area contributed by atoms with Gasteiger partial charge in [0.15, 0.2) is 5.11 Å². The van der Waals surface area contributed by atoms with Crippen LogP contribution >= 0.6 is 12.2 Å². The maximum Gasteiger partial charge on any atom is 0.261 e. The summed E-state index contributed by atoms with van der Waals surface area (Å²) < 4.78 is 16.5. The summed E-state index contributed by atoms with van der Waals surface area (Å²) in [6, 6.07) is 13.9. The van der Waals surface area contributed by atoms with Crippen LogP contribution in [0, 0.1) is 0 Å². The number of carbonyl (C=O) groups excluding carboxylic acids is 2. The third-order valence-electron chi connectivity index (χ3n) is 4.98. The highest BCUT2D eigenvalue weighted by Crippen LogP contribution is 2.19. The standard InChI is InChI=1S/C24H29N3O5S/c1-2-30-14-15-32-21-12-6-4-10-19(21)23(29)27-24(33)26-20-11-5-3-9-18(20)22(28)25-16-17-8-7-13-31-17/h3-6,9-12,17H,2,7-8,13-16H2,1H3,(H,25,28)(H2,26,27,29,33). The summed E-state index contributed by atoms with van der Waals surface area (Å²) in [7, 11) is 0. The van der Waals surface area contributed by atoms with Gasteiger partial charge in [0.05, 0.1) is 29.5 Å². The number of ether oxygens (including phenoxy) is 3. The van der Waals surface area contributed by atoms with Crippen LogP contribution in [0.4, 0.5) is 5.69 Å². The van der Waals surface area contributed by atoms with Crippen molar-refractivity contribution in [3.05, 3.63) is 59.7 Å². The van der Waals surface area contributed by atoms with Crippen molar-refractivity contribution in [2.24, 2.45) is 0 Å². The van der Waals surface area contributed by atoms with Gasteiger partial charge < -0.3 is 24.8 Å². The van der Waals surface area contributed by atoms with E-state index in [2.05, 4.69) is 16.0 Å². The fourth-order valence-corrected chi connectivity index (χ4v) is 3.56. The molecule has 33 heavy (non-hydrogen) atoms. The molecule has 3 rings (SSSR count). The maximum atomic E-state index is 12.8. The zero-order valence-corrected chi connectivity index (χ0v) is 19.4. The molecule has 9 heteroatoms. The summed E-state index contributed by atoms with van der Waals surface area (Å²) in [4.78, 5) is 25.5. The van der Waals surface area contributed by atoms with Crippen molar-refractivity contribution in [3.8, 4) is 5.75 Å². The number of anilines is 1. The fraction of sp³-hybridized carbons (Fsp3) is 0.375. The van der Waals surface area contributed by atoms with Gasteiger partial charge in [-0.2, -0.15) is 0 Å². The van der Waals surface area contributed by atoms with Gasteiger partial charge in [-0.05, 0) is 56.2 Å². The van der Waals surface area contributed by atoms with Crippen molar-refractivity contribution in [1.29, 1.82) is 0 Å². The third kappa shape index (κ3) is 7.52. The quantitative estimate of drug-likeness (QED) is 0.362. The average Bonchev–Trinajstić information content (AvgIpc) is 3.34. The minimum atomic E-state index is -0.417. The molecule has 3 N–H and O–H groups in total. The van der Waals surface area contributed by atoms with E-state index in [0.717, 1.165) is 19.4 Å². The first-order valence-corrected chi connectivity index (χ1v) is 11.4. The van der Waals surface area contributed by atoms with Gasteiger partial charge in [0, 0.05) is 19.8 Å². The molecule has 2 amide bonds. The van der Waals surface area contributed by atoms with Crippen LogP contribution < -0.4 is 20.7 Å². The van der Waals surface area contributed by atoms with E-state index in [1.807, 2.05) is 6.92 Å². The molecule has 0 spiro atoms. The Morgan fingerprint density at radius 2 is 1.82 bits per heavy atom. The van der Waals surface area contributed by atoms with Gasteiger partial charge in [0.25, 0.3) is 11.8 Å². The van der Waals surface area contributed by atoms with Crippen molar-refractivity contribution < 1.29 is 23.8 Å². The highest BCUT2D eigenvalue weighted by atomic mass is 32.1. The van der Waals surface area contributed by atoms with E-state index in [1.54, 1.807) is 48.5 Å². The second kappa shape index (κ2) is 12.9. The van der Waals surface area contributed by atoms with Gasteiger partial charge in [0.1, 0.15) is 12.4 Å². The minimum absolute atomic E-state index is 0.0465. The zero-order valence-electron chi connectivity index (χ0n) is 18.6. The SMILES string of the molecule is CCOCCOc1ccccc1C(=O)NC(=S)Nc1ccccc1C(=O)NCC1CCCO1. The lowest BCUT2D eigenvalue weighted by Crippen LogP contribution is -2.36. The highest BCUT2D eigenvalue weighted by Gasteiger charge is 2.19. The first kappa shape index (κ1) is 24.6. The van der Waals surface area contributed by atoms with E-state index >= 15 is 0 Å². The lowest BCUT2D eigenvalue weighted by Gasteiger charge is -2.16. The highest BCUT2D eigenvalue weighted by molar-refractivity contribution is 7.80. The Kier molecular flexibility index (Phi) is 9.61. The number of hydrogen-bond donors (Lipinski definition) is 3. The lowest BCUT2D eigenvalue weighted by molar-refractivity contribution is 0.0858. The number of thiocarbonyl (C=S) groups is 1. The molecular weight excluding hydrogens is 442 g/mol. The number of amides is 2. The number of nitrogens with one attached hydrogen (secondary N) is 3. The molecule has 2 aromatic rings. The molecule has 8 nitrogen and oxygen atoms in total. The van der Waals surface area contributed by atoms with Crippen LogP contribution in [-0.4, -0.2) is 56.0 Å². The van der Waals surface area contributed by atoms with Crippen LogP contribution in [0.15, 0.2) is 48.5 Å². The van der Waals surface area contributed by atoms with Gasteiger partial charge in [-0.1, -0.05) is 24.3 Å². The molecule has 0 radical (unpaired) electrons. The monoisotopic (exact) mass is 471 g/mol. The Bertz CT molecular complexity index is 963. The van der Waals surface area contributed by atoms with Crippen molar-refractivity contribution in [2.75, 3.05) is 38.3 Å². The predicted molar refractivity (Wildman–Crippen MR) is 130 cm³/mol. The second-order valence-corrected chi connectivity index (χ2v) is 7.75. The molecule has 1 heterocycles. The molecule has 1 unspecified atom stereocenters. The van der Waals surface area contributed by atoms with E-state index in [4.69, 9.17) is 26.4 Å². The van der Waals surface area contributed by atoms with Crippen molar-refractivity contribution in [2.45, 2.75) is 25.9 Å². The van der Waals surface area contributed by atoms with Crippen molar-refractivity contribution in [1.82, 2.24) is 10.6 Å². The number of rotatable bonds is 10. The maximum absolute atomic E-state index is 12.8. The molecule has 0 saturated carbocycles. The number of hydrogen-bond acceptors (Lipinski definition) is 6. The molecule has 176 valence electrons. The summed E-state index contributed by atoms with van der Waals surface area (Å²) >= 11 is 5.32. The first-order valence-electron chi connectivity index (χ1n) is 11.0. The van der Waals surface area contributed by atoms with Crippen LogP contribution in [0.3, 0.4) is 0 Å². The second-order valence-electron chi connectivity index (χ2n) is 7.34. The van der Waals surface area contributed by atoms with Crippen molar-refractivity contribution >= 4 is 34.8 Å². The topological polar surface area (TPSA) is 97.9 Å². The summed E-state index contributed by atoms with van der Waals surface area (Å²) in [5.41, 5.74) is 1.27. The number of carbonyl (C=O) groups is 2. The molecule has 1 saturated heterocycles. The van der Waals surface area contributed by atoms with Crippen molar-refractivity contribution in [3.63, 3.8) is 0 Å². The summed E-state index contributed by atoms with van der Waals surface area (Å²) in [5, 5.41) is 8.56. The van der Waals surface area contributed by atoms with Gasteiger partial charge in [-0.25, -0.2) is 0 Å². The average molecular weight is 472 g/mol. The van der Waals surface area contributed by atoms with Gasteiger partial charge >= 0.3 is 0 Å². The molecule has 2 aromatic carbocycles. The molecule has 0 aliphatic carbocycles. The Hall–Kier alpha value is -3.01. The summed E-state index contributed by atoms with van der Waals surface area (Å²) in [5.74, 6) is -0.220. The number of para-hydroxylation sites is 2. The minimum Gasteiger partial charge on any atom is -0.490 e. The molecule has 1 fully saturated rings. The van der Waals surface area contributed by atoms with Gasteiger partial charge in [-0.3, -0.25) is 14.9 Å².